The Balaban J connectivity index is 0.00000196. The minimum absolute atomic E-state index is 0. The molecule has 0 aliphatic carbocycles. The van der Waals surface area contributed by atoms with Gasteiger partial charge in [-0.2, -0.15) is 0 Å². The van der Waals surface area contributed by atoms with Crippen molar-refractivity contribution in [2.75, 3.05) is 0 Å². The van der Waals surface area contributed by atoms with Gasteiger partial charge in [0, 0.05) is 17.3 Å². The van der Waals surface area contributed by atoms with E-state index in [4.69, 9.17) is 0 Å². The van der Waals surface area contributed by atoms with Crippen LogP contribution >= 0.6 is 12.4 Å². The second-order valence-corrected chi connectivity index (χ2v) is 6.27. The zero-order valence-electron chi connectivity index (χ0n) is 14.5. The van der Waals surface area contributed by atoms with Crippen molar-refractivity contribution >= 4 is 18.1 Å². The maximum atomic E-state index is 14.4. The maximum Gasteiger partial charge on any atom is 0.135 e. The number of rotatable bonds is 2. The molecule has 1 unspecified atom stereocenters. The van der Waals surface area contributed by atoms with E-state index >= 15 is 0 Å². The summed E-state index contributed by atoms with van der Waals surface area (Å²) in [4.78, 5) is 9.19. The van der Waals surface area contributed by atoms with E-state index in [1.807, 2.05) is 35.9 Å². The number of nitrogens with zero attached hydrogens (tertiary/aromatic N) is 3. The van der Waals surface area contributed by atoms with E-state index in [2.05, 4.69) is 9.98 Å². The number of aliphatic hydroxyl groups excluding tert-OH is 1. The second-order valence-electron chi connectivity index (χ2n) is 6.27. The Morgan fingerprint density at radius 3 is 2.65 bits per heavy atom. The van der Waals surface area contributed by atoms with Gasteiger partial charge in [0.1, 0.15) is 11.6 Å². The van der Waals surface area contributed by atoms with Crippen LogP contribution in [0.4, 0.5) is 4.39 Å². The third-order valence-electron chi connectivity index (χ3n) is 4.42. The molecule has 1 atom stereocenters. The number of aromatic nitrogens is 2. The Morgan fingerprint density at radius 2 is 1.92 bits per heavy atom. The van der Waals surface area contributed by atoms with Crippen LogP contribution < -0.4 is 0 Å². The molecule has 1 aliphatic heterocycles. The third kappa shape index (κ3) is 3.04. The lowest BCUT2D eigenvalue weighted by Crippen LogP contribution is -2.10. The Kier molecular flexibility index (Phi) is 4.94. The molecule has 0 saturated carbocycles. The molecular weight excluding hydrogens is 353 g/mol. The lowest BCUT2D eigenvalue weighted by Gasteiger charge is -2.15. The number of benzene rings is 2. The number of aliphatic imine (C=N–C) groups is 1. The smallest absolute Gasteiger partial charge is 0.135 e. The van der Waals surface area contributed by atoms with Crippen LogP contribution in [-0.4, -0.2) is 20.4 Å². The number of hydrogen-bond donors (Lipinski definition) is 1. The van der Waals surface area contributed by atoms with Crippen molar-refractivity contribution in [3.05, 3.63) is 82.7 Å². The van der Waals surface area contributed by atoms with Crippen LogP contribution in [0.5, 0.6) is 0 Å². The van der Waals surface area contributed by atoms with Gasteiger partial charge in [-0.15, -0.1) is 12.4 Å². The molecule has 0 bridgehead atoms. The number of halogens is 2. The molecule has 6 heteroatoms. The molecule has 1 aliphatic rings. The molecule has 0 amide bonds. The van der Waals surface area contributed by atoms with Gasteiger partial charge in [0.05, 0.1) is 29.7 Å². The monoisotopic (exact) mass is 371 g/mol. The summed E-state index contributed by atoms with van der Waals surface area (Å²) < 4.78 is 16.4. The summed E-state index contributed by atoms with van der Waals surface area (Å²) in [5.41, 5.74) is 4.39. The van der Waals surface area contributed by atoms with Crippen molar-refractivity contribution in [2.45, 2.75) is 26.5 Å². The number of fused-ring (bicyclic) bond motifs is 3. The van der Waals surface area contributed by atoms with Gasteiger partial charge in [-0.05, 0) is 43.7 Å². The van der Waals surface area contributed by atoms with Gasteiger partial charge < -0.3 is 9.67 Å². The van der Waals surface area contributed by atoms with Crippen molar-refractivity contribution in [3.8, 4) is 5.69 Å². The molecule has 0 fully saturated rings. The van der Waals surface area contributed by atoms with Crippen molar-refractivity contribution in [1.82, 2.24) is 9.55 Å². The maximum absolute atomic E-state index is 14.4. The van der Waals surface area contributed by atoms with Gasteiger partial charge in [-0.1, -0.05) is 18.2 Å². The van der Waals surface area contributed by atoms with E-state index in [0.29, 0.717) is 17.8 Å². The first-order valence-electron chi connectivity index (χ1n) is 8.21. The zero-order chi connectivity index (χ0) is 17.6. The predicted octanol–water partition coefficient (Wildman–Crippen LogP) is 4.15. The van der Waals surface area contributed by atoms with Gasteiger partial charge in [-0.25, -0.2) is 9.37 Å². The van der Waals surface area contributed by atoms with Crippen LogP contribution in [0.15, 0.2) is 53.7 Å². The summed E-state index contributed by atoms with van der Waals surface area (Å²) in [6.07, 6.45) is 1.34. The molecule has 4 nitrogen and oxygen atoms in total. The first kappa shape index (κ1) is 18.3. The van der Waals surface area contributed by atoms with Crippen molar-refractivity contribution in [1.29, 1.82) is 0 Å². The van der Waals surface area contributed by atoms with Crippen LogP contribution in [0.1, 0.15) is 41.2 Å². The highest BCUT2D eigenvalue weighted by molar-refractivity contribution is 6.15. The molecule has 1 aromatic heterocycles. The molecule has 4 rings (SSSR count). The lowest BCUT2D eigenvalue weighted by atomic mass is 9.96. The normalized spacial score (nSPS) is 13.8. The fourth-order valence-electron chi connectivity index (χ4n) is 3.20. The predicted molar refractivity (Wildman–Crippen MR) is 102 cm³/mol. The van der Waals surface area contributed by atoms with Crippen LogP contribution in [-0.2, 0) is 6.54 Å². The van der Waals surface area contributed by atoms with E-state index in [1.165, 1.54) is 6.07 Å². The molecule has 0 spiro atoms. The van der Waals surface area contributed by atoms with Crippen molar-refractivity contribution in [3.63, 3.8) is 0 Å². The highest BCUT2D eigenvalue weighted by atomic mass is 35.5. The SMILES string of the molecule is Cc1cn2c(n1)CN=C(c1ccccc1F)c1cc(C(C)O)ccc1-2.Cl. The second kappa shape index (κ2) is 7.02. The first-order chi connectivity index (χ1) is 12.0. The summed E-state index contributed by atoms with van der Waals surface area (Å²) in [7, 11) is 0. The Bertz CT molecular complexity index is 994. The number of aliphatic hydroxyl groups is 1. The Labute approximate surface area is 157 Å². The van der Waals surface area contributed by atoms with E-state index in [-0.39, 0.29) is 18.2 Å². The van der Waals surface area contributed by atoms with E-state index in [9.17, 15) is 9.50 Å². The van der Waals surface area contributed by atoms with Gasteiger partial charge in [-0.3, -0.25) is 4.99 Å². The van der Waals surface area contributed by atoms with Gasteiger partial charge in [0.15, 0.2) is 0 Å². The number of imidazole rings is 1. The highest BCUT2D eigenvalue weighted by Crippen LogP contribution is 2.28. The molecule has 3 aromatic rings. The fraction of sp³-hybridized carbons (Fsp3) is 0.200. The largest absolute Gasteiger partial charge is 0.389 e. The van der Waals surface area contributed by atoms with Crippen LogP contribution in [0.3, 0.4) is 0 Å². The molecule has 2 aromatic carbocycles. The summed E-state index contributed by atoms with van der Waals surface area (Å²) in [5.74, 6) is 0.500. The average molecular weight is 372 g/mol. The fourth-order valence-corrected chi connectivity index (χ4v) is 3.20. The molecule has 2 heterocycles. The molecule has 0 radical (unpaired) electrons. The molecule has 26 heavy (non-hydrogen) atoms. The average Bonchev–Trinajstić information content (AvgIpc) is 2.90. The quantitative estimate of drug-likeness (QED) is 0.735. The van der Waals surface area contributed by atoms with Crippen LogP contribution in [0, 0.1) is 12.7 Å². The Morgan fingerprint density at radius 1 is 1.15 bits per heavy atom. The molecular formula is C20H19ClFN3O. The summed E-state index contributed by atoms with van der Waals surface area (Å²) in [5, 5.41) is 9.97. The number of hydrogen-bond acceptors (Lipinski definition) is 3. The Hall–Kier alpha value is -2.50. The zero-order valence-corrected chi connectivity index (χ0v) is 15.3. The standard InChI is InChI=1S/C20H18FN3O.ClH/c1-12-11-24-18-8-7-14(13(2)25)9-16(18)20(22-10-19(24)23-12)15-5-3-4-6-17(15)21;/h3-9,11,13,25H,10H2,1-2H3;1H. The summed E-state index contributed by atoms with van der Waals surface area (Å²) in [6.45, 7) is 4.02. The summed E-state index contributed by atoms with van der Waals surface area (Å²) in [6, 6.07) is 12.3. The number of aryl methyl sites for hydroxylation is 1. The van der Waals surface area contributed by atoms with Crippen molar-refractivity contribution < 1.29 is 9.50 Å². The topological polar surface area (TPSA) is 50.4 Å². The highest BCUT2D eigenvalue weighted by Gasteiger charge is 2.22. The van der Waals surface area contributed by atoms with E-state index < -0.39 is 6.10 Å². The van der Waals surface area contributed by atoms with Crippen molar-refractivity contribution in [2.24, 2.45) is 4.99 Å². The van der Waals surface area contributed by atoms with Crippen LogP contribution in [0.2, 0.25) is 0 Å². The molecule has 0 saturated heterocycles. The van der Waals surface area contributed by atoms with Crippen LogP contribution in [0.25, 0.3) is 5.69 Å². The third-order valence-corrected chi connectivity index (χ3v) is 4.42. The van der Waals surface area contributed by atoms with Gasteiger partial charge in [0.2, 0.25) is 0 Å². The minimum atomic E-state index is -0.612. The minimum Gasteiger partial charge on any atom is -0.389 e. The lowest BCUT2D eigenvalue weighted by molar-refractivity contribution is 0.199. The van der Waals surface area contributed by atoms with Gasteiger partial charge in [0.25, 0.3) is 0 Å². The van der Waals surface area contributed by atoms with E-state index in [0.717, 1.165) is 28.3 Å². The molecule has 134 valence electrons. The molecule has 1 N–H and O–H groups in total. The summed E-state index contributed by atoms with van der Waals surface area (Å²) >= 11 is 0. The van der Waals surface area contributed by atoms with Gasteiger partial charge >= 0.3 is 0 Å². The first-order valence-corrected chi connectivity index (χ1v) is 8.21. The van der Waals surface area contributed by atoms with E-state index in [1.54, 1.807) is 25.1 Å².